The number of halogens is 2. The number of fused-ring (bicyclic) bond motifs is 1. The first-order valence-corrected chi connectivity index (χ1v) is 8.34. The second kappa shape index (κ2) is 7.22. The maximum Gasteiger partial charge on any atom is 0.280 e. The van der Waals surface area contributed by atoms with E-state index < -0.39 is 12.5 Å². The van der Waals surface area contributed by atoms with Gasteiger partial charge in [0.2, 0.25) is 5.75 Å². The van der Waals surface area contributed by atoms with Crippen LogP contribution in [0.4, 0.5) is 8.78 Å². The van der Waals surface area contributed by atoms with Gasteiger partial charge in [0.25, 0.3) is 6.43 Å². The van der Waals surface area contributed by atoms with Gasteiger partial charge in [0, 0.05) is 30.7 Å². The largest absolute Gasteiger partial charge is 0.493 e. The van der Waals surface area contributed by atoms with Crippen molar-refractivity contribution in [2.24, 2.45) is 0 Å². The van der Waals surface area contributed by atoms with Crippen LogP contribution in [-0.4, -0.2) is 28.3 Å². The monoisotopic (exact) mass is 373 g/mol. The molecule has 0 bridgehead atoms. The summed E-state index contributed by atoms with van der Waals surface area (Å²) in [4.78, 5) is 7.81. The van der Waals surface area contributed by atoms with Crippen LogP contribution >= 0.6 is 0 Å². The Hall–Kier alpha value is -3.16. The second-order valence-corrected chi connectivity index (χ2v) is 6.09. The number of alkyl halides is 2. The van der Waals surface area contributed by atoms with E-state index in [0.717, 1.165) is 5.56 Å². The van der Waals surface area contributed by atoms with E-state index in [0.29, 0.717) is 29.4 Å². The summed E-state index contributed by atoms with van der Waals surface area (Å²) >= 11 is 0. The number of nitrogens with zero attached hydrogens (tertiary/aromatic N) is 3. The van der Waals surface area contributed by atoms with Gasteiger partial charge >= 0.3 is 0 Å². The third-order valence-corrected chi connectivity index (χ3v) is 4.28. The zero-order chi connectivity index (χ0) is 18.8. The Morgan fingerprint density at radius 2 is 2.22 bits per heavy atom. The Morgan fingerprint density at radius 1 is 1.33 bits per heavy atom. The molecule has 1 atom stereocenters. The minimum absolute atomic E-state index is 0.250. The zero-order valence-corrected chi connectivity index (χ0v) is 14.5. The summed E-state index contributed by atoms with van der Waals surface area (Å²) in [5, 5.41) is 0. The maximum atomic E-state index is 12.7. The van der Waals surface area contributed by atoms with E-state index in [2.05, 4.69) is 9.97 Å². The fraction of sp³-hybridized carbons (Fsp3) is 0.263. The molecule has 0 spiro atoms. The van der Waals surface area contributed by atoms with Crippen molar-refractivity contribution in [3.8, 4) is 17.2 Å². The number of hydrogen-bond acceptors (Lipinski definition) is 5. The summed E-state index contributed by atoms with van der Waals surface area (Å²) in [5.41, 5.74) is 1.38. The van der Waals surface area contributed by atoms with Crippen molar-refractivity contribution in [1.82, 2.24) is 14.5 Å². The van der Waals surface area contributed by atoms with Crippen molar-refractivity contribution in [2.75, 3.05) is 13.7 Å². The third-order valence-electron chi connectivity index (χ3n) is 4.28. The van der Waals surface area contributed by atoms with E-state index >= 15 is 0 Å². The fourth-order valence-electron chi connectivity index (χ4n) is 2.93. The highest BCUT2D eigenvalue weighted by Crippen LogP contribution is 2.44. The molecule has 1 aliphatic heterocycles. The average molecular weight is 373 g/mol. The normalized spacial score (nSPS) is 15.8. The Kier molecular flexibility index (Phi) is 4.62. The summed E-state index contributed by atoms with van der Waals surface area (Å²) in [7, 11) is 1.56. The topological polar surface area (TPSA) is 58.4 Å². The molecule has 140 valence electrons. The summed E-state index contributed by atoms with van der Waals surface area (Å²) in [6.45, 7) is 0.871. The third kappa shape index (κ3) is 3.55. The first kappa shape index (κ1) is 17.3. The number of ether oxygens (including phenoxy) is 3. The molecular weight excluding hydrogens is 356 g/mol. The zero-order valence-electron chi connectivity index (χ0n) is 14.5. The lowest BCUT2D eigenvalue weighted by atomic mass is 10.1. The van der Waals surface area contributed by atoms with Crippen molar-refractivity contribution in [3.05, 3.63) is 66.0 Å². The van der Waals surface area contributed by atoms with Gasteiger partial charge in [-0.15, -0.1) is 0 Å². The molecule has 0 saturated heterocycles. The maximum absolute atomic E-state index is 12.7. The molecule has 3 heterocycles. The highest BCUT2D eigenvalue weighted by Gasteiger charge is 2.27. The summed E-state index contributed by atoms with van der Waals surface area (Å²) in [6, 6.07) is 6.65. The highest BCUT2D eigenvalue weighted by atomic mass is 19.3. The highest BCUT2D eigenvalue weighted by molar-refractivity contribution is 5.55. The number of methoxy groups -OCH3 is 1. The van der Waals surface area contributed by atoms with Crippen LogP contribution in [0.1, 0.15) is 29.4 Å². The van der Waals surface area contributed by atoms with Gasteiger partial charge in [0.1, 0.15) is 12.3 Å². The van der Waals surface area contributed by atoms with Crippen LogP contribution in [-0.2, 0) is 6.54 Å². The number of pyridine rings is 1. The predicted molar refractivity (Wildman–Crippen MR) is 92.4 cm³/mol. The van der Waals surface area contributed by atoms with Gasteiger partial charge in [-0.3, -0.25) is 4.98 Å². The molecule has 0 N–H and O–H groups in total. The van der Waals surface area contributed by atoms with Crippen LogP contribution in [0.15, 0.2) is 49.2 Å². The quantitative estimate of drug-likeness (QED) is 0.681. The van der Waals surface area contributed by atoms with Gasteiger partial charge in [0.05, 0.1) is 13.4 Å². The molecule has 6 nitrogen and oxygen atoms in total. The number of benzene rings is 1. The predicted octanol–water partition coefficient (Wildman–Crippen LogP) is 3.79. The summed E-state index contributed by atoms with van der Waals surface area (Å²) in [6.07, 6.45) is 3.65. The van der Waals surface area contributed by atoms with E-state index in [-0.39, 0.29) is 12.3 Å². The van der Waals surface area contributed by atoms with Gasteiger partial charge in [0.15, 0.2) is 17.6 Å². The van der Waals surface area contributed by atoms with Gasteiger partial charge in [-0.05, 0) is 23.8 Å². The Balaban J connectivity index is 1.58. The minimum Gasteiger partial charge on any atom is -0.493 e. The van der Waals surface area contributed by atoms with Crippen LogP contribution in [0, 0.1) is 0 Å². The molecule has 1 aliphatic rings. The Bertz CT molecular complexity index is 897. The van der Waals surface area contributed by atoms with Crippen LogP contribution in [0.3, 0.4) is 0 Å². The molecule has 27 heavy (non-hydrogen) atoms. The first-order chi connectivity index (χ1) is 13.1. The molecule has 0 amide bonds. The van der Waals surface area contributed by atoms with Crippen molar-refractivity contribution in [1.29, 1.82) is 0 Å². The molecular formula is C19H17F2N3O3. The lowest BCUT2D eigenvalue weighted by Crippen LogP contribution is -2.22. The number of hydrogen-bond donors (Lipinski definition) is 0. The Morgan fingerprint density at radius 3 is 2.89 bits per heavy atom. The molecule has 0 fully saturated rings. The van der Waals surface area contributed by atoms with Gasteiger partial charge in [-0.2, -0.15) is 0 Å². The molecule has 4 rings (SSSR count). The van der Waals surface area contributed by atoms with Crippen molar-refractivity contribution in [2.45, 2.75) is 19.1 Å². The van der Waals surface area contributed by atoms with Crippen molar-refractivity contribution >= 4 is 0 Å². The fourth-order valence-corrected chi connectivity index (χ4v) is 2.93. The summed E-state index contributed by atoms with van der Waals surface area (Å²) < 4.78 is 44.6. The Labute approximate surface area is 154 Å². The average Bonchev–Trinajstić information content (AvgIpc) is 3.20. The second-order valence-electron chi connectivity index (χ2n) is 6.09. The lowest BCUT2D eigenvalue weighted by Gasteiger charge is -2.28. The standard InChI is InChI=1S/C19H17F2N3O3/c1-25-15-6-12(9-24-5-4-22-11-24)7-16-18(15)27-17(10-26-16)13-2-3-14(19(20)21)23-8-13/h2-8,11,17,19H,9-10H2,1H3. The van der Waals surface area contributed by atoms with Crippen LogP contribution in [0.2, 0.25) is 0 Å². The van der Waals surface area contributed by atoms with E-state index in [4.69, 9.17) is 14.2 Å². The number of imidazole rings is 1. The molecule has 0 aliphatic carbocycles. The van der Waals surface area contributed by atoms with E-state index in [1.807, 2.05) is 22.9 Å². The van der Waals surface area contributed by atoms with Crippen molar-refractivity contribution in [3.63, 3.8) is 0 Å². The van der Waals surface area contributed by atoms with Gasteiger partial charge < -0.3 is 18.8 Å². The van der Waals surface area contributed by atoms with Gasteiger partial charge in [-0.1, -0.05) is 6.07 Å². The molecule has 1 aromatic carbocycles. The van der Waals surface area contributed by atoms with Crippen molar-refractivity contribution < 1.29 is 23.0 Å². The SMILES string of the molecule is COc1cc(Cn2ccnc2)cc2c1OC(c1ccc(C(F)F)nc1)CO2. The summed E-state index contributed by atoms with van der Waals surface area (Å²) in [5.74, 6) is 1.61. The lowest BCUT2D eigenvalue weighted by molar-refractivity contribution is 0.0865. The van der Waals surface area contributed by atoms with Crippen LogP contribution < -0.4 is 14.2 Å². The number of rotatable bonds is 5. The molecule has 0 radical (unpaired) electrons. The van der Waals surface area contributed by atoms with E-state index in [1.54, 1.807) is 25.7 Å². The molecule has 3 aromatic rings. The van der Waals surface area contributed by atoms with Crippen LogP contribution in [0.5, 0.6) is 17.2 Å². The molecule has 0 saturated carbocycles. The van der Waals surface area contributed by atoms with E-state index in [1.165, 1.54) is 12.3 Å². The van der Waals surface area contributed by atoms with Gasteiger partial charge in [-0.25, -0.2) is 13.8 Å². The van der Waals surface area contributed by atoms with Crippen LogP contribution in [0.25, 0.3) is 0 Å². The minimum atomic E-state index is -2.60. The van der Waals surface area contributed by atoms with E-state index in [9.17, 15) is 8.78 Å². The first-order valence-electron chi connectivity index (χ1n) is 8.34. The molecule has 8 heteroatoms. The smallest absolute Gasteiger partial charge is 0.280 e. The molecule has 2 aromatic heterocycles. The molecule has 1 unspecified atom stereocenters. The number of aromatic nitrogens is 3.